The summed E-state index contributed by atoms with van der Waals surface area (Å²) in [6, 6.07) is 21.1. The van der Waals surface area contributed by atoms with Crippen LogP contribution in [0.1, 0.15) is 32.6 Å². The maximum absolute atomic E-state index is 13.4. The third kappa shape index (κ3) is 5.88. The number of thioether (sulfide) groups is 1. The lowest BCUT2D eigenvalue weighted by Crippen LogP contribution is -2.03. The highest BCUT2D eigenvalue weighted by atomic mass is 127. The standard InChI is InChI=1S/C24H19Cl2IOS/c1-15-3-4-16(2)21(13-15)22(27)24(23(28)18-7-11-20(26)12-8-18)29-14-17-5-9-19(25)10-6-17/h3-13H,14H2,1-2H3. The number of benzene rings is 3. The Bertz CT molecular complexity index is 1060. The van der Waals surface area contributed by atoms with Crippen molar-refractivity contribution in [3.05, 3.63) is 109 Å². The normalized spacial score (nSPS) is 11.9. The van der Waals surface area contributed by atoms with Gasteiger partial charge in [0.15, 0.2) is 5.78 Å². The summed E-state index contributed by atoms with van der Waals surface area (Å²) in [6.07, 6.45) is 0. The number of aryl methyl sites for hydroxylation is 2. The Hall–Kier alpha value is -1.27. The second-order valence-corrected chi connectivity index (χ2v) is 9.65. The first kappa shape index (κ1) is 22.4. The molecule has 0 radical (unpaired) electrons. The number of rotatable bonds is 6. The maximum Gasteiger partial charge on any atom is 0.200 e. The predicted octanol–water partition coefficient (Wildman–Crippen LogP) is 8.53. The van der Waals surface area contributed by atoms with E-state index >= 15 is 0 Å². The molecule has 5 heteroatoms. The minimum Gasteiger partial charge on any atom is -0.288 e. The van der Waals surface area contributed by atoms with Gasteiger partial charge in [0.2, 0.25) is 0 Å². The van der Waals surface area contributed by atoms with Gasteiger partial charge in [0.05, 0.1) is 4.91 Å². The molecule has 0 amide bonds. The average Bonchev–Trinajstić information content (AvgIpc) is 2.71. The van der Waals surface area contributed by atoms with E-state index in [0.717, 1.165) is 25.2 Å². The molecule has 3 rings (SSSR count). The van der Waals surface area contributed by atoms with E-state index in [4.69, 9.17) is 23.2 Å². The van der Waals surface area contributed by atoms with E-state index in [2.05, 4.69) is 54.6 Å². The summed E-state index contributed by atoms with van der Waals surface area (Å²) >= 11 is 15.9. The van der Waals surface area contributed by atoms with Crippen molar-refractivity contribution >= 4 is 66.9 Å². The molecular formula is C24H19Cl2IOS. The van der Waals surface area contributed by atoms with Crippen LogP contribution in [0.15, 0.2) is 71.6 Å². The van der Waals surface area contributed by atoms with Crippen LogP contribution >= 0.6 is 57.6 Å². The molecule has 0 aliphatic rings. The molecule has 3 aromatic rings. The Balaban J connectivity index is 2.02. The fraction of sp³-hybridized carbons (Fsp3) is 0.125. The van der Waals surface area contributed by atoms with Gasteiger partial charge in [-0.1, -0.05) is 59.1 Å². The van der Waals surface area contributed by atoms with Gasteiger partial charge in [-0.05, 0) is 89.5 Å². The molecule has 0 atom stereocenters. The Morgan fingerprint density at radius 1 is 0.897 bits per heavy atom. The van der Waals surface area contributed by atoms with Crippen molar-refractivity contribution in [2.75, 3.05) is 0 Å². The summed E-state index contributed by atoms with van der Waals surface area (Å²) in [4.78, 5) is 14.1. The quantitative estimate of drug-likeness (QED) is 0.173. The smallest absolute Gasteiger partial charge is 0.200 e. The van der Waals surface area contributed by atoms with Crippen LogP contribution in [0.4, 0.5) is 0 Å². The molecule has 0 saturated carbocycles. The van der Waals surface area contributed by atoms with E-state index in [1.807, 2.05) is 24.3 Å². The summed E-state index contributed by atoms with van der Waals surface area (Å²) < 4.78 is 0.961. The minimum absolute atomic E-state index is 0.00550. The fourth-order valence-electron chi connectivity index (χ4n) is 2.79. The van der Waals surface area contributed by atoms with E-state index < -0.39 is 0 Å². The number of hydrogen-bond donors (Lipinski definition) is 0. The highest BCUT2D eigenvalue weighted by Gasteiger charge is 2.19. The van der Waals surface area contributed by atoms with Crippen LogP contribution in [0.25, 0.3) is 3.58 Å². The topological polar surface area (TPSA) is 17.1 Å². The van der Waals surface area contributed by atoms with Crippen molar-refractivity contribution in [3.8, 4) is 0 Å². The molecule has 0 N–H and O–H groups in total. The van der Waals surface area contributed by atoms with Crippen LogP contribution in [0, 0.1) is 13.8 Å². The van der Waals surface area contributed by atoms with Crippen LogP contribution in [0.5, 0.6) is 0 Å². The zero-order valence-corrected chi connectivity index (χ0v) is 20.5. The summed E-state index contributed by atoms with van der Waals surface area (Å²) in [5, 5.41) is 1.32. The Morgan fingerprint density at radius 2 is 1.48 bits per heavy atom. The first-order valence-electron chi connectivity index (χ1n) is 9.00. The second-order valence-electron chi connectivity index (χ2n) is 6.71. The van der Waals surface area contributed by atoms with Crippen LogP contribution in [0.3, 0.4) is 0 Å². The molecule has 0 aromatic heterocycles. The van der Waals surface area contributed by atoms with Crippen LogP contribution in [0.2, 0.25) is 10.0 Å². The summed E-state index contributed by atoms with van der Waals surface area (Å²) in [5.41, 5.74) is 5.15. The summed E-state index contributed by atoms with van der Waals surface area (Å²) in [6.45, 7) is 4.14. The lowest BCUT2D eigenvalue weighted by atomic mass is 10.0. The second kappa shape index (κ2) is 10.2. The highest BCUT2D eigenvalue weighted by Crippen LogP contribution is 2.38. The SMILES string of the molecule is Cc1ccc(C)c(C(I)=C(SCc2ccc(Cl)cc2)C(=O)c2ccc(Cl)cc2)c1. The monoisotopic (exact) mass is 552 g/mol. The van der Waals surface area contributed by atoms with E-state index in [-0.39, 0.29) is 5.78 Å². The van der Waals surface area contributed by atoms with Gasteiger partial charge in [0, 0.05) is 24.9 Å². The van der Waals surface area contributed by atoms with Gasteiger partial charge in [0.25, 0.3) is 0 Å². The van der Waals surface area contributed by atoms with E-state index in [1.54, 1.807) is 36.0 Å². The highest BCUT2D eigenvalue weighted by molar-refractivity contribution is 14.1. The Morgan fingerprint density at radius 3 is 2.10 bits per heavy atom. The van der Waals surface area contributed by atoms with Gasteiger partial charge in [-0.3, -0.25) is 4.79 Å². The first-order chi connectivity index (χ1) is 13.8. The number of carbonyl (C=O) groups excluding carboxylic acids is 1. The molecule has 0 heterocycles. The van der Waals surface area contributed by atoms with Crippen molar-refractivity contribution in [1.82, 2.24) is 0 Å². The van der Waals surface area contributed by atoms with Crippen molar-refractivity contribution in [2.45, 2.75) is 19.6 Å². The summed E-state index contributed by atoms with van der Waals surface area (Å²) in [5.74, 6) is 0.689. The maximum atomic E-state index is 13.4. The van der Waals surface area contributed by atoms with Crippen LogP contribution < -0.4 is 0 Å². The number of Topliss-reactive ketones (excluding diaryl/α,β-unsaturated/α-hetero) is 1. The number of allylic oxidation sites excluding steroid dienone is 1. The average molecular weight is 553 g/mol. The van der Waals surface area contributed by atoms with Crippen molar-refractivity contribution < 1.29 is 4.79 Å². The largest absolute Gasteiger partial charge is 0.288 e. The van der Waals surface area contributed by atoms with Gasteiger partial charge in [0.1, 0.15) is 0 Å². The number of hydrogen-bond acceptors (Lipinski definition) is 2. The molecule has 1 nitrogen and oxygen atoms in total. The number of carbonyl (C=O) groups is 1. The summed E-state index contributed by atoms with van der Waals surface area (Å²) in [7, 11) is 0. The minimum atomic E-state index is 0.00550. The fourth-order valence-corrected chi connectivity index (χ4v) is 5.33. The lowest BCUT2D eigenvalue weighted by Gasteiger charge is -2.13. The lowest BCUT2D eigenvalue weighted by molar-refractivity contribution is 0.104. The van der Waals surface area contributed by atoms with Crippen molar-refractivity contribution in [2.24, 2.45) is 0 Å². The molecule has 0 spiro atoms. The predicted molar refractivity (Wildman–Crippen MR) is 135 cm³/mol. The van der Waals surface area contributed by atoms with Crippen molar-refractivity contribution in [1.29, 1.82) is 0 Å². The Kier molecular flexibility index (Phi) is 7.85. The molecule has 0 saturated heterocycles. The van der Waals surface area contributed by atoms with E-state index in [1.165, 1.54) is 5.56 Å². The molecule has 0 bridgehead atoms. The molecular weight excluding hydrogens is 534 g/mol. The zero-order chi connectivity index (χ0) is 21.0. The van der Waals surface area contributed by atoms with E-state index in [0.29, 0.717) is 21.4 Å². The molecule has 29 heavy (non-hydrogen) atoms. The first-order valence-corrected chi connectivity index (χ1v) is 11.8. The van der Waals surface area contributed by atoms with Gasteiger partial charge in [-0.2, -0.15) is 0 Å². The number of ketones is 1. The molecule has 148 valence electrons. The van der Waals surface area contributed by atoms with Gasteiger partial charge in [-0.25, -0.2) is 0 Å². The van der Waals surface area contributed by atoms with Crippen molar-refractivity contribution in [3.63, 3.8) is 0 Å². The zero-order valence-electron chi connectivity index (χ0n) is 16.0. The van der Waals surface area contributed by atoms with E-state index in [9.17, 15) is 4.79 Å². The van der Waals surface area contributed by atoms with Crippen LogP contribution in [-0.4, -0.2) is 5.78 Å². The van der Waals surface area contributed by atoms with Gasteiger partial charge < -0.3 is 0 Å². The molecule has 3 aromatic carbocycles. The molecule has 0 aliphatic carbocycles. The Labute approximate surface area is 199 Å². The number of halogens is 3. The molecule has 0 unspecified atom stereocenters. The third-order valence-corrected chi connectivity index (χ3v) is 7.58. The van der Waals surface area contributed by atoms with Gasteiger partial charge in [-0.15, -0.1) is 11.8 Å². The van der Waals surface area contributed by atoms with Crippen LogP contribution in [-0.2, 0) is 5.75 Å². The molecule has 0 fully saturated rings. The van der Waals surface area contributed by atoms with Gasteiger partial charge >= 0.3 is 0 Å². The molecule has 0 aliphatic heterocycles. The third-order valence-electron chi connectivity index (χ3n) is 4.44.